The molecule has 0 amide bonds. The number of anilines is 1. The molecule has 3 aromatic rings. The fourth-order valence-electron chi connectivity index (χ4n) is 3.18. The minimum Gasteiger partial charge on any atom is -0.352 e. The number of hydrogen-bond donors (Lipinski definition) is 2. The molecule has 0 saturated heterocycles. The van der Waals surface area contributed by atoms with E-state index in [1.54, 1.807) is 10.9 Å². The van der Waals surface area contributed by atoms with Crippen LogP contribution in [0.15, 0.2) is 41.3 Å². The summed E-state index contributed by atoms with van der Waals surface area (Å²) in [5, 5.41) is 8.16. The van der Waals surface area contributed by atoms with Gasteiger partial charge >= 0.3 is 0 Å². The molecule has 2 heterocycles. The maximum atomic E-state index is 12.4. The highest BCUT2D eigenvalue weighted by Gasteiger charge is 2.20. The molecule has 27 heavy (non-hydrogen) atoms. The molecule has 2 N–H and O–H groups in total. The van der Waals surface area contributed by atoms with Crippen LogP contribution in [0.3, 0.4) is 0 Å². The zero-order chi connectivity index (χ0) is 19.6. The van der Waals surface area contributed by atoms with Gasteiger partial charge in [-0.05, 0) is 40.3 Å². The number of hydrogen-bond acceptors (Lipinski definition) is 5. The highest BCUT2D eigenvalue weighted by atomic mass is 16.1. The largest absolute Gasteiger partial charge is 0.352 e. The monoisotopic (exact) mass is 368 g/mol. The van der Waals surface area contributed by atoms with E-state index in [0.717, 1.165) is 13.1 Å². The topological polar surface area (TPSA) is 78.8 Å². The molecular weight excluding hydrogens is 340 g/mol. The van der Waals surface area contributed by atoms with Crippen molar-refractivity contribution in [3.8, 4) is 0 Å². The smallest absolute Gasteiger partial charge is 0.263 e. The van der Waals surface area contributed by atoms with E-state index >= 15 is 0 Å². The predicted molar refractivity (Wildman–Crippen MR) is 109 cm³/mol. The first kappa shape index (κ1) is 19.1. The molecule has 0 aliphatic heterocycles. The zero-order valence-corrected chi connectivity index (χ0v) is 16.7. The van der Waals surface area contributed by atoms with Crippen molar-refractivity contribution in [3.63, 3.8) is 0 Å². The number of nitrogens with zero attached hydrogens (tertiary/aromatic N) is 4. The summed E-state index contributed by atoms with van der Waals surface area (Å²) >= 11 is 0. The molecule has 1 unspecified atom stereocenters. The van der Waals surface area contributed by atoms with Gasteiger partial charge < -0.3 is 10.2 Å². The summed E-state index contributed by atoms with van der Waals surface area (Å²) in [5.74, 6) is 0.471. The first-order valence-electron chi connectivity index (χ1n) is 9.21. The Bertz CT molecular complexity index is 954. The average molecular weight is 368 g/mol. The van der Waals surface area contributed by atoms with E-state index in [1.165, 1.54) is 5.56 Å². The van der Waals surface area contributed by atoms with E-state index in [-0.39, 0.29) is 17.1 Å². The fourth-order valence-corrected chi connectivity index (χ4v) is 3.18. The van der Waals surface area contributed by atoms with Crippen LogP contribution in [0, 0.1) is 0 Å². The summed E-state index contributed by atoms with van der Waals surface area (Å²) in [4.78, 5) is 22.1. The van der Waals surface area contributed by atoms with Gasteiger partial charge in [0, 0.05) is 19.1 Å². The predicted octanol–water partition coefficient (Wildman–Crippen LogP) is 2.81. The number of nitrogens with one attached hydrogen (secondary N) is 2. The molecule has 0 aliphatic carbocycles. The second-order valence-electron chi connectivity index (χ2n) is 8.11. The minimum absolute atomic E-state index is 0.116. The summed E-state index contributed by atoms with van der Waals surface area (Å²) in [5.41, 5.74) is 1.44. The summed E-state index contributed by atoms with van der Waals surface area (Å²) in [7, 11) is 2.08. The van der Waals surface area contributed by atoms with Crippen LogP contribution in [0.4, 0.5) is 5.95 Å². The van der Waals surface area contributed by atoms with Crippen LogP contribution in [-0.2, 0) is 12.1 Å². The van der Waals surface area contributed by atoms with Crippen LogP contribution >= 0.6 is 0 Å². The molecule has 3 rings (SSSR count). The van der Waals surface area contributed by atoms with Crippen LogP contribution in [0.2, 0.25) is 0 Å². The van der Waals surface area contributed by atoms with Crippen molar-refractivity contribution in [2.24, 2.45) is 0 Å². The third kappa shape index (κ3) is 4.54. The Morgan fingerprint density at radius 3 is 2.63 bits per heavy atom. The maximum absolute atomic E-state index is 12.4. The molecule has 1 aromatic carbocycles. The van der Waals surface area contributed by atoms with Crippen molar-refractivity contribution in [2.75, 3.05) is 18.9 Å². The van der Waals surface area contributed by atoms with Gasteiger partial charge in [-0.2, -0.15) is 10.1 Å². The second-order valence-corrected chi connectivity index (χ2v) is 8.11. The summed E-state index contributed by atoms with van der Waals surface area (Å²) in [6, 6.07) is 10.5. The molecule has 7 heteroatoms. The van der Waals surface area contributed by atoms with Crippen molar-refractivity contribution < 1.29 is 0 Å². The Morgan fingerprint density at radius 2 is 1.96 bits per heavy atom. The summed E-state index contributed by atoms with van der Waals surface area (Å²) in [6.45, 7) is 9.87. The number of aromatic amines is 1. The van der Waals surface area contributed by atoms with Gasteiger partial charge in [0.05, 0.1) is 11.7 Å². The van der Waals surface area contributed by atoms with Crippen molar-refractivity contribution in [1.29, 1.82) is 0 Å². The van der Waals surface area contributed by atoms with Crippen LogP contribution in [0.1, 0.15) is 33.3 Å². The highest BCUT2D eigenvalue weighted by Crippen LogP contribution is 2.18. The van der Waals surface area contributed by atoms with Gasteiger partial charge in [0.15, 0.2) is 5.65 Å². The van der Waals surface area contributed by atoms with Gasteiger partial charge in [-0.15, -0.1) is 0 Å². The summed E-state index contributed by atoms with van der Waals surface area (Å²) < 4.78 is 1.79. The van der Waals surface area contributed by atoms with E-state index in [9.17, 15) is 4.79 Å². The SMILES string of the molecule is CC(CN(C)Cc1ccccc1)Nc1nc2c(cnn2C(C)(C)C)c(=O)[nH]1. The first-order valence-corrected chi connectivity index (χ1v) is 9.21. The first-order chi connectivity index (χ1) is 12.7. The molecule has 0 bridgehead atoms. The van der Waals surface area contributed by atoms with Gasteiger partial charge in [-0.1, -0.05) is 30.3 Å². The van der Waals surface area contributed by atoms with Crippen molar-refractivity contribution in [3.05, 3.63) is 52.4 Å². The Labute approximate surface area is 159 Å². The molecule has 0 aliphatic rings. The lowest BCUT2D eigenvalue weighted by Gasteiger charge is -2.23. The molecule has 0 fully saturated rings. The maximum Gasteiger partial charge on any atom is 0.263 e. The van der Waals surface area contributed by atoms with Crippen LogP contribution < -0.4 is 10.9 Å². The highest BCUT2D eigenvalue weighted by molar-refractivity contribution is 5.74. The van der Waals surface area contributed by atoms with E-state index in [0.29, 0.717) is 17.0 Å². The molecule has 0 saturated carbocycles. The standard InChI is InChI=1S/C20H28N6O/c1-14(12-25(5)13-15-9-7-6-8-10-15)22-19-23-17-16(18(27)24-19)11-21-26(17)20(2,3)4/h6-11,14H,12-13H2,1-5H3,(H2,22,23,24,27). The molecule has 1 atom stereocenters. The Hall–Kier alpha value is -2.67. The average Bonchev–Trinajstić information content (AvgIpc) is 3.00. The second kappa shape index (κ2) is 7.52. The number of rotatable bonds is 6. The lowest BCUT2D eigenvalue weighted by atomic mass is 10.1. The lowest BCUT2D eigenvalue weighted by molar-refractivity contribution is 0.316. The van der Waals surface area contributed by atoms with Crippen molar-refractivity contribution in [2.45, 2.75) is 45.8 Å². The molecule has 0 spiro atoms. The van der Waals surface area contributed by atoms with Crippen LogP contribution in [0.5, 0.6) is 0 Å². The number of fused-ring (bicyclic) bond motifs is 1. The molecule has 144 valence electrons. The molecule has 7 nitrogen and oxygen atoms in total. The van der Waals surface area contributed by atoms with Gasteiger partial charge in [-0.25, -0.2) is 4.68 Å². The van der Waals surface area contributed by atoms with Gasteiger partial charge in [0.25, 0.3) is 5.56 Å². The molecular formula is C20H28N6O. The summed E-state index contributed by atoms with van der Waals surface area (Å²) in [6.07, 6.45) is 1.58. The molecule has 0 radical (unpaired) electrons. The van der Waals surface area contributed by atoms with Gasteiger partial charge in [0.2, 0.25) is 5.95 Å². The normalized spacial score (nSPS) is 13.3. The zero-order valence-electron chi connectivity index (χ0n) is 16.7. The van der Waals surface area contributed by atoms with Crippen LogP contribution in [-0.4, -0.2) is 44.3 Å². The van der Waals surface area contributed by atoms with E-state index < -0.39 is 0 Å². The Balaban J connectivity index is 1.73. The Kier molecular flexibility index (Phi) is 5.32. The van der Waals surface area contributed by atoms with Gasteiger partial charge in [0.1, 0.15) is 5.39 Å². The van der Waals surface area contributed by atoms with Crippen molar-refractivity contribution in [1.82, 2.24) is 24.6 Å². The van der Waals surface area contributed by atoms with Gasteiger partial charge in [-0.3, -0.25) is 9.78 Å². The lowest BCUT2D eigenvalue weighted by Crippen LogP contribution is -2.33. The van der Waals surface area contributed by atoms with E-state index in [1.807, 2.05) is 39.0 Å². The Morgan fingerprint density at radius 1 is 1.26 bits per heavy atom. The molecule has 2 aromatic heterocycles. The fraction of sp³-hybridized carbons (Fsp3) is 0.450. The third-order valence-electron chi connectivity index (χ3n) is 4.34. The quantitative estimate of drug-likeness (QED) is 0.699. The van der Waals surface area contributed by atoms with Crippen molar-refractivity contribution >= 4 is 17.0 Å². The number of aromatic nitrogens is 4. The van der Waals surface area contributed by atoms with E-state index in [2.05, 4.69) is 51.4 Å². The number of H-pyrrole nitrogens is 1. The van der Waals surface area contributed by atoms with E-state index in [4.69, 9.17) is 0 Å². The third-order valence-corrected chi connectivity index (χ3v) is 4.34. The number of likely N-dealkylation sites (N-methyl/N-ethyl adjacent to an activating group) is 1. The van der Waals surface area contributed by atoms with Crippen LogP contribution in [0.25, 0.3) is 11.0 Å². The minimum atomic E-state index is -0.249. The number of benzene rings is 1.